The number of rotatable bonds is 8. The van der Waals surface area contributed by atoms with E-state index in [2.05, 4.69) is 21.4 Å². The molecule has 0 aliphatic heterocycles. The molecule has 0 heterocycles. The molecule has 0 aliphatic carbocycles. The summed E-state index contributed by atoms with van der Waals surface area (Å²) in [5.74, 6) is 0. The van der Waals surface area contributed by atoms with Crippen molar-refractivity contribution < 1.29 is 25.9 Å². The lowest BCUT2D eigenvalue weighted by atomic mass is 10.1. The van der Waals surface area contributed by atoms with Gasteiger partial charge in [-0.25, -0.2) is 13.1 Å². The van der Waals surface area contributed by atoms with Crippen molar-refractivity contribution >= 4 is 31.8 Å². The average molecular weight is 383 g/mol. The molecule has 9 nitrogen and oxygen atoms in total. The first-order valence-corrected chi connectivity index (χ1v) is 10.5. The molecule has 140 valence electrons. The first-order chi connectivity index (χ1) is 11.0. The van der Waals surface area contributed by atoms with Crippen LogP contribution in [0.5, 0.6) is 0 Å². The number of anilines is 2. The highest BCUT2D eigenvalue weighted by Gasteiger charge is 2.05. The number of hydrogen-bond donors (Lipinski definition) is 5. The van der Waals surface area contributed by atoms with Gasteiger partial charge in [0, 0.05) is 31.0 Å². The summed E-state index contributed by atoms with van der Waals surface area (Å²) in [7, 11) is -7.79. The molecule has 0 saturated heterocycles. The molecular weight excluding hydrogens is 358 g/mol. The molecule has 0 spiro atoms. The van der Waals surface area contributed by atoms with Crippen LogP contribution in [0.3, 0.4) is 0 Å². The highest BCUT2D eigenvalue weighted by Crippen LogP contribution is 2.21. The molecule has 0 aliphatic rings. The number of sulfonamides is 1. The van der Waals surface area contributed by atoms with Crippen molar-refractivity contribution in [3.8, 4) is 0 Å². The number of benzene rings is 1. The van der Waals surface area contributed by atoms with Gasteiger partial charge in [0.05, 0.1) is 6.26 Å². The van der Waals surface area contributed by atoms with Crippen molar-refractivity contribution in [3.05, 3.63) is 23.8 Å². The van der Waals surface area contributed by atoms with Crippen LogP contribution in [0.2, 0.25) is 0 Å². The standard InChI is InChI=1S/C13H23N3O2S.H2O4S/c1-4-14-12-6-7-13(15-5-2)11(10-12)8-9-16-19(3,17)18;1-5(2,3)4/h6-7,10,14-16H,4-5,8-9H2,1-3H3;(H2,1,2,3,4). The van der Waals surface area contributed by atoms with Crippen molar-refractivity contribution in [3.63, 3.8) is 0 Å². The van der Waals surface area contributed by atoms with Gasteiger partial charge in [-0.3, -0.25) is 9.11 Å². The molecule has 0 atom stereocenters. The van der Waals surface area contributed by atoms with E-state index < -0.39 is 20.4 Å². The maximum atomic E-state index is 11.1. The predicted molar refractivity (Wildman–Crippen MR) is 95.5 cm³/mol. The smallest absolute Gasteiger partial charge is 0.385 e. The van der Waals surface area contributed by atoms with Crippen LogP contribution in [-0.2, 0) is 26.8 Å². The summed E-state index contributed by atoms with van der Waals surface area (Å²) in [6.07, 6.45) is 1.84. The lowest BCUT2D eigenvalue weighted by Gasteiger charge is -2.13. The van der Waals surface area contributed by atoms with Crippen LogP contribution in [0.15, 0.2) is 18.2 Å². The van der Waals surface area contributed by atoms with E-state index in [-0.39, 0.29) is 0 Å². The molecule has 0 saturated carbocycles. The van der Waals surface area contributed by atoms with Gasteiger partial charge in [0.1, 0.15) is 0 Å². The molecule has 0 unspecified atom stereocenters. The van der Waals surface area contributed by atoms with Gasteiger partial charge in [-0.1, -0.05) is 0 Å². The third-order valence-electron chi connectivity index (χ3n) is 2.61. The van der Waals surface area contributed by atoms with Gasteiger partial charge in [-0.05, 0) is 44.0 Å². The van der Waals surface area contributed by atoms with E-state index in [0.717, 1.165) is 30.0 Å². The molecule has 5 N–H and O–H groups in total. The summed E-state index contributed by atoms with van der Waals surface area (Å²) in [6, 6.07) is 6.11. The molecule has 0 fully saturated rings. The van der Waals surface area contributed by atoms with Gasteiger partial charge in [-0.2, -0.15) is 8.42 Å². The van der Waals surface area contributed by atoms with Crippen LogP contribution in [0.25, 0.3) is 0 Å². The summed E-state index contributed by atoms with van der Waals surface area (Å²) in [6.45, 7) is 6.20. The Balaban J connectivity index is 0.000000922. The average Bonchev–Trinajstić information content (AvgIpc) is 2.39. The minimum absolute atomic E-state index is 0.410. The Bertz CT molecular complexity index is 696. The van der Waals surface area contributed by atoms with Crippen molar-refractivity contribution in [1.29, 1.82) is 0 Å². The third-order valence-corrected chi connectivity index (χ3v) is 3.34. The summed E-state index contributed by atoms with van der Waals surface area (Å²) in [5.41, 5.74) is 3.22. The summed E-state index contributed by atoms with van der Waals surface area (Å²) >= 11 is 0. The van der Waals surface area contributed by atoms with Crippen LogP contribution >= 0.6 is 0 Å². The van der Waals surface area contributed by atoms with E-state index >= 15 is 0 Å². The Morgan fingerprint density at radius 3 is 2.00 bits per heavy atom. The van der Waals surface area contributed by atoms with Crippen LogP contribution in [-0.4, -0.2) is 51.8 Å². The predicted octanol–water partition coefficient (Wildman–Crippen LogP) is 0.989. The van der Waals surface area contributed by atoms with Gasteiger partial charge in [0.15, 0.2) is 0 Å². The van der Waals surface area contributed by atoms with E-state index in [4.69, 9.17) is 17.5 Å². The highest BCUT2D eigenvalue weighted by molar-refractivity contribution is 7.88. The maximum absolute atomic E-state index is 11.1. The van der Waals surface area contributed by atoms with Gasteiger partial charge < -0.3 is 10.6 Å². The Morgan fingerprint density at radius 2 is 1.54 bits per heavy atom. The summed E-state index contributed by atoms with van der Waals surface area (Å²) in [5, 5.41) is 6.55. The van der Waals surface area contributed by atoms with Gasteiger partial charge in [0.2, 0.25) is 10.0 Å². The number of nitrogens with one attached hydrogen (secondary N) is 3. The Kier molecular flexibility index (Phi) is 9.85. The van der Waals surface area contributed by atoms with E-state index in [0.29, 0.717) is 13.0 Å². The zero-order valence-corrected chi connectivity index (χ0v) is 15.5. The largest absolute Gasteiger partial charge is 0.394 e. The first-order valence-electron chi connectivity index (χ1n) is 7.21. The fourth-order valence-electron chi connectivity index (χ4n) is 1.85. The molecule has 1 aromatic rings. The lowest BCUT2D eigenvalue weighted by Crippen LogP contribution is -2.24. The minimum Gasteiger partial charge on any atom is -0.385 e. The lowest BCUT2D eigenvalue weighted by molar-refractivity contribution is 0.381. The second-order valence-corrected chi connectivity index (χ2v) is 7.53. The highest BCUT2D eigenvalue weighted by atomic mass is 32.3. The Hall–Kier alpha value is -1.40. The topological polar surface area (TPSA) is 145 Å². The van der Waals surface area contributed by atoms with Crippen molar-refractivity contribution in [2.45, 2.75) is 20.3 Å². The fourth-order valence-corrected chi connectivity index (χ4v) is 2.32. The molecule has 0 amide bonds. The molecule has 0 radical (unpaired) electrons. The SMILES string of the molecule is CCNc1ccc(NCC)c(CCNS(C)(=O)=O)c1.O=S(=O)(O)O. The number of hydrogen-bond acceptors (Lipinski definition) is 6. The van der Waals surface area contributed by atoms with E-state index in [1.807, 2.05) is 26.0 Å². The van der Waals surface area contributed by atoms with E-state index in [1.54, 1.807) is 0 Å². The van der Waals surface area contributed by atoms with Crippen LogP contribution in [0.4, 0.5) is 11.4 Å². The van der Waals surface area contributed by atoms with Gasteiger partial charge in [-0.15, -0.1) is 0 Å². The normalized spacial score (nSPS) is 11.4. The quantitative estimate of drug-likeness (QED) is 0.418. The maximum Gasteiger partial charge on any atom is 0.394 e. The molecule has 11 heteroatoms. The molecule has 1 rings (SSSR count). The van der Waals surface area contributed by atoms with Crippen molar-refractivity contribution in [2.75, 3.05) is 36.5 Å². The molecule has 0 bridgehead atoms. The molecule has 1 aromatic carbocycles. The molecule has 0 aromatic heterocycles. The van der Waals surface area contributed by atoms with Crippen LogP contribution in [0.1, 0.15) is 19.4 Å². The third kappa shape index (κ3) is 13.1. The first kappa shape index (κ1) is 22.6. The zero-order chi connectivity index (χ0) is 18.8. The Morgan fingerprint density at radius 1 is 1.00 bits per heavy atom. The monoisotopic (exact) mass is 383 g/mol. The second-order valence-electron chi connectivity index (χ2n) is 4.80. The minimum atomic E-state index is -4.67. The van der Waals surface area contributed by atoms with Crippen LogP contribution in [0, 0.1) is 0 Å². The second kappa shape index (κ2) is 10.5. The Labute approximate surface area is 143 Å². The molecular formula is C13H25N3O6S2. The van der Waals surface area contributed by atoms with Gasteiger partial charge in [0.25, 0.3) is 0 Å². The van der Waals surface area contributed by atoms with E-state index in [9.17, 15) is 8.42 Å². The fraction of sp³-hybridized carbons (Fsp3) is 0.538. The van der Waals surface area contributed by atoms with Crippen molar-refractivity contribution in [2.24, 2.45) is 0 Å². The zero-order valence-electron chi connectivity index (χ0n) is 13.9. The summed E-state index contributed by atoms with van der Waals surface area (Å²) < 4.78 is 56.2. The van der Waals surface area contributed by atoms with Gasteiger partial charge >= 0.3 is 10.4 Å². The van der Waals surface area contributed by atoms with E-state index in [1.165, 1.54) is 6.26 Å². The molecule has 24 heavy (non-hydrogen) atoms. The van der Waals surface area contributed by atoms with Crippen LogP contribution < -0.4 is 15.4 Å². The summed E-state index contributed by atoms with van der Waals surface area (Å²) in [4.78, 5) is 0. The van der Waals surface area contributed by atoms with Crippen molar-refractivity contribution in [1.82, 2.24) is 4.72 Å².